The number of nitrogens with zero attached hydrogens (tertiary/aromatic N) is 2. The minimum Gasteiger partial charge on any atom is -0.497 e. The minimum absolute atomic E-state index is 0.0419. The molecule has 0 saturated heterocycles. The third-order valence-electron chi connectivity index (χ3n) is 6.14. The molecule has 9 heteroatoms. The maximum atomic E-state index is 12.8. The number of aliphatic hydroxyl groups excluding tert-OH is 1. The predicted octanol–water partition coefficient (Wildman–Crippen LogP) is 5.08. The molecule has 0 aromatic heterocycles. The number of nitro groups is 1. The van der Waals surface area contributed by atoms with Gasteiger partial charge in [-0.1, -0.05) is 30.3 Å². The topological polar surface area (TPSA) is 111 Å². The first-order chi connectivity index (χ1) is 17.1. The van der Waals surface area contributed by atoms with Crippen molar-refractivity contribution in [3.8, 4) is 11.5 Å². The number of hydrogen-bond acceptors (Lipinski definition) is 7. The van der Waals surface area contributed by atoms with Crippen LogP contribution in [0.2, 0.25) is 0 Å². The molecule has 1 aliphatic heterocycles. The number of benzene rings is 3. The number of fused-ring (bicyclic) bond motifs is 1. The quantitative estimate of drug-likeness (QED) is 0.362. The highest BCUT2D eigenvalue weighted by Crippen LogP contribution is 2.48. The maximum Gasteiger partial charge on any atom is 0.297 e. The summed E-state index contributed by atoms with van der Waals surface area (Å²) >= 11 is 0. The van der Waals surface area contributed by atoms with Crippen LogP contribution in [0.5, 0.6) is 11.5 Å². The summed E-state index contributed by atoms with van der Waals surface area (Å²) in [7, 11) is 1.52. The third-order valence-corrected chi connectivity index (χ3v) is 6.14. The maximum absolute atomic E-state index is 12.8. The van der Waals surface area contributed by atoms with Crippen LogP contribution >= 0.6 is 0 Å². The van der Waals surface area contributed by atoms with Gasteiger partial charge in [0, 0.05) is 18.2 Å². The van der Waals surface area contributed by atoms with Gasteiger partial charge in [-0.2, -0.15) is 0 Å². The van der Waals surface area contributed by atoms with Gasteiger partial charge in [0.2, 0.25) is 5.91 Å². The van der Waals surface area contributed by atoms with Crippen LogP contribution in [0.4, 0.5) is 17.1 Å². The Morgan fingerprint density at radius 3 is 2.39 bits per heavy atom. The molecule has 1 amide bonds. The molecule has 188 valence electrons. The number of amides is 1. The number of anilines is 2. The molecule has 1 N–H and O–H groups in total. The van der Waals surface area contributed by atoms with Gasteiger partial charge in [-0.05, 0) is 49.7 Å². The van der Waals surface area contributed by atoms with Gasteiger partial charge in [-0.25, -0.2) is 0 Å². The fraction of sp³-hybridized carbons (Fsp3) is 0.296. The minimum atomic E-state index is -1.07. The van der Waals surface area contributed by atoms with Crippen molar-refractivity contribution in [3.05, 3.63) is 88.0 Å². The predicted molar refractivity (Wildman–Crippen MR) is 134 cm³/mol. The van der Waals surface area contributed by atoms with Gasteiger partial charge in [-0.15, -0.1) is 0 Å². The Morgan fingerprint density at radius 2 is 1.81 bits per heavy atom. The van der Waals surface area contributed by atoms with E-state index in [0.29, 0.717) is 17.0 Å². The van der Waals surface area contributed by atoms with Gasteiger partial charge in [0.15, 0.2) is 0 Å². The second kappa shape index (κ2) is 9.96. The fourth-order valence-corrected chi connectivity index (χ4v) is 4.25. The van der Waals surface area contributed by atoms with Gasteiger partial charge in [0.25, 0.3) is 5.69 Å². The van der Waals surface area contributed by atoms with Crippen LogP contribution in [0, 0.1) is 10.1 Å². The number of nitro benzene ring substituents is 1. The molecule has 3 aromatic rings. The third kappa shape index (κ3) is 4.89. The van der Waals surface area contributed by atoms with Crippen molar-refractivity contribution >= 4 is 23.0 Å². The highest BCUT2D eigenvalue weighted by atomic mass is 16.6. The smallest absolute Gasteiger partial charge is 0.297 e. The van der Waals surface area contributed by atoms with E-state index in [1.807, 2.05) is 30.3 Å². The van der Waals surface area contributed by atoms with Crippen molar-refractivity contribution in [1.82, 2.24) is 0 Å². The lowest BCUT2D eigenvalue weighted by Gasteiger charge is -2.42. The van der Waals surface area contributed by atoms with E-state index in [9.17, 15) is 20.0 Å². The molecule has 0 spiro atoms. The molecule has 0 fully saturated rings. The first kappa shape index (κ1) is 25.2. The first-order valence-electron chi connectivity index (χ1n) is 11.4. The number of carbonyl (C=O) groups excluding carboxylic acids is 1. The average Bonchev–Trinajstić information content (AvgIpc) is 2.85. The Labute approximate surface area is 209 Å². The Morgan fingerprint density at radius 1 is 1.14 bits per heavy atom. The van der Waals surface area contributed by atoms with Crippen LogP contribution in [0.25, 0.3) is 0 Å². The van der Waals surface area contributed by atoms with Crippen LogP contribution in [-0.2, 0) is 16.1 Å². The molecule has 3 aromatic carbocycles. The highest BCUT2D eigenvalue weighted by molar-refractivity contribution is 6.01. The SMILES string of the molecule is COc1ccc(N(C(C)=O)c2cc3c(cc2[N+](=O)[O-])OC(C)(C)[C@H](O)[C@H]3OCc2ccccc2)cc1. The van der Waals surface area contributed by atoms with E-state index in [4.69, 9.17) is 14.2 Å². The monoisotopic (exact) mass is 492 g/mol. The first-order valence-corrected chi connectivity index (χ1v) is 11.4. The van der Waals surface area contributed by atoms with Crippen molar-refractivity contribution in [3.63, 3.8) is 0 Å². The van der Waals surface area contributed by atoms with Gasteiger partial charge >= 0.3 is 0 Å². The number of rotatable bonds is 7. The van der Waals surface area contributed by atoms with Crippen molar-refractivity contribution in [1.29, 1.82) is 0 Å². The molecule has 36 heavy (non-hydrogen) atoms. The molecule has 0 radical (unpaired) electrons. The molecule has 9 nitrogen and oxygen atoms in total. The second-order valence-electron chi connectivity index (χ2n) is 9.06. The summed E-state index contributed by atoms with van der Waals surface area (Å²) in [6, 6.07) is 18.9. The molecule has 1 aliphatic rings. The van der Waals surface area contributed by atoms with Crippen molar-refractivity contribution in [2.45, 2.75) is 45.2 Å². The molecule has 0 saturated carbocycles. The summed E-state index contributed by atoms with van der Waals surface area (Å²) in [5.74, 6) is 0.370. The van der Waals surface area contributed by atoms with Crippen LogP contribution in [0.1, 0.15) is 38.0 Å². The number of hydrogen-bond donors (Lipinski definition) is 1. The summed E-state index contributed by atoms with van der Waals surface area (Å²) in [6.07, 6.45) is -1.93. The Hall–Kier alpha value is -3.95. The van der Waals surface area contributed by atoms with E-state index >= 15 is 0 Å². The van der Waals surface area contributed by atoms with Gasteiger partial charge in [0.1, 0.15) is 35.0 Å². The number of aliphatic hydroxyl groups is 1. The van der Waals surface area contributed by atoms with Crippen LogP contribution in [-0.4, -0.2) is 34.8 Å². The number of ether oxygens (including phenoxy) is 3. The molecular weight excluding hydrogens is 464 g/mol. The Bertz CT molecular complexity index is 1260. The summed E-state index contributed by atoms with van der Waals surface area (Å²) < 4.78 is 17.3. The molecule has 4 rings (SSSR count). The zero-order chi connectivity index (χ0) is 26.0. The van der Waals surface area contributed by atoms with Crippen LogP contribution in [0.3, 0.4) is 0 Å². The lowest BCUT2D eigenvalue weighted by molar-refractivity contribution is -0.384. The van der Waals surface area contributed by atoms with Gasteiger partial charge < -0.3 is 19.3 Å². The fourth-order valence-electron chi connectivity index (χ4n) is 4.25. The molecule has 1 heterocycles. The molecule has 2 atom stereocenters. The largest absolute Gasteiger partial charge is 0.497 e. The zero-order valence-corrected chi connectivity index (χ0v) is 20.5. The van der Waals surface area contributed by atoms with E-state index < -0.39 is 28.6 Å². The van der Waals surface area contributed by atoms with E-state index in [1.165, 1.54) is 31.1 Å². The highest BCUT2D eigenvalue weighted by Gasteiger charge is 2.45. The zero-order valence-electron chi connectivity index (χ0n) is 20.5. The van der Waals surface area contributed by atoms with Gasteiger partial charge in [-0.3, -0.25) is 19.8 Å². The van der Waals surface area contributed by atoms with Crippen LogP contribution in [0.15, 0.2) is 66.7 Å². The summed E-state index contributed by atoms with van der Waals surface area (Å²) in [5, 5.41) is 23.2. The molecule has 0 unspecified atom stereocenters. The lowest BCUT2D eigenvalue weighted by Crippen LogP contribution is -2.49. The van der Waals surface area contributed by atoms with E-state index in [2.05, 4.69) is 0 Å². The second-order valence-corrected chi connectivity index (χ2v) is 9.06. The van der Waals surface area contributed by atoms with Crippen molar-refractivity contribution in [2.24, 2.45) is 0 Å². The van der Waals surface area contributed by atoms with E-state index in [0.717, 1.165) is 5.56 Å². The van der Waals surface area contributed by atoms with Crippen molar-refractivity contribution < 1.29 is 29.0 Å². The number of methoxy groups -OCH3 is 1. The molecule has 0 aliphatic carbocycles. The van der Waals surface area contributed by atoms with E-state index in [1.54, 1.807) is 38.1 Å². The Kier molecular flexibility index (Phi) is 6.96. The van der Waals surface area contributed by atoms with E-state index in [-0.39, 0.29) is 23.7 Å². The standard InChI is InChI=1S/C27H28N2O7/c1-17(30)28(19-10-12-20(34-4)13-11-19)22-14-21-24(15-23(22)29(32)33)36-27(2,3)26(31)25(21)35-16-18-8-6-5-7-9-18/h5-15,25-26,31H,16H2,1-4H3/t25-,26+/m0/s1. The average molecular weight is 493 g/mol. The Balaban J connectivity index is 1.84. The van der Waals surface area contributed by atoms with Crippen LogP contribution < -0.4 is 14.4 Å². The van der Waals surface area contributed by atoms with Gasteiger partial charge in [0.05, 0.1) is 24.7 Å². The summed E-state index contributed by atoms with van der Waals surface area (Å²) in [5.41, 5.74) is 0.402. The lowest BCUT2D eigenvalue weighted by atomic mass is 9.87. The molecule has 0 bridgehead atoms. The number of carbonyl (C=O) groups is 1. The van der Waals surface area contributed by atoms with Crippen molar-refractivity contribution in [2.75, 3.05) is 12.0 Å². The normalized spacial score (nSPS) is 18.0. The summed E-state index contributed by atoms with van der Waals surface area (Å²) in [6.45, 7) is 4.92. The summed E-state index contributed by atoms with van der Waals surface area (Å²) in [4.78, 5) is 25.5. The molecular formula is C27H28N2O7.